The summed E-state index contributed by atoms with van der Waals surface area (Å²) in [4.78, 5) is 4.68. The van der Waals surface area contributed by atoms with Crippen LogP contribution in [0.3, 0.4) is 0 Å². The van der Waals surface area contributed by atoms with E-state index < -0.39 is 0 Å². The predicted octanol–water partition coefficient (Wildman–Crippen LogP) is 0.816. The second kappa shape index (κ2) is 6.73. The summed E-state index contributed by atoms with van der Waals surface area (Å²) in [7, 11) is 1.62. The van der Waals surface area contributed by atoms with Gasteiger partial charge in [-0.25, -0.2) is 0 Å². The maximum absolute atomic E-state index is 9.70. The van der Waals surface area contributed by atoms with Crippen LogP contribution in [0.4, 0.5) is 5.69 Å². The SMILES string of the molecule is COCC(O)CN1CCN(c2ccccc2)CC1. The molecular weight excluding hydrogens is 228 g/mol. The van der Waals surface area contributed by atoms with Crippen LogP contribution in [-0.4, -0.2) is 62.6 Å². The Labute approximate surface area is 109 Å². The summed E-state index contributed by atoms with van der Waals surface area (Å²) in [5, 5.41) is 9.70. The first-order chi connectivity index (χ1) is 8.79. The van der Waals surface area contributed by atoms with Crippen molar-refractivity contribution >= 4 is 5.69 Å². The zero-order valence-electron chi connectivity index (χ0n) is 11.0. The number of hydrogen-bond acceptors (Lipinski definition) is 4. The van der Waals surface area contributed by atoms with Gasteiger partial charge in [-0.2, -0.15) is 0 Å². The number of anilines is 1. The molecule has 0 aliphatic carbocycles. The van der Waals surface area contributed by atoms with Crippen LogP contribution in [0.1, 0.15) is 0 Å². The van der Waals surface area contributed by atoms with Crippen LogP contribution in [0, 0.1) is 0 Å². The first-order valence-electron chi connectivity index (χ1n) is 6.49. The van der Waals surface area contributed by atoms with Gasteiger partial charge in [-0.1, -0.05) is 18.2 Å². The van der Waals surface area contributed by atoms with Crippen LogP contribution in [0.5, 0.6) is 0 Å². The van der Waals surface area contributed by atoms with Crippen LogP contribution in [-0.2, 0) is 4.74 Å². The molecule has 4 heteroatoms. The summed E-state index contributed by atoms with van der Waals surface area (Å²) in [6.45, 7) is 5.15. The lowest BCUT2D eigenvalue weighted by Gasteiger charge is -2.36. The minimum absolute atomic E-state index is 0.377. The smallest absolute Gasteiger partial charge is 0.0900 e. The van der Waals surface area contributed by atoms with E-state index in [0.29, 0.717) is 13.2 Å². The van der Waals surface area contributed by atoms with Crippen molar-refractivity contribution in [2.75, 3.05) is 51.3 Å². The molecule has 1 heterocycles. The van der Waals surface area contributed by atoms with Crippen molar-refractivity contribution in [3.8, 4) is 0 Å². The second-order valence-electron chi connectivity index (χ2n) is 4.73. The molecule has 0 bridgehead atoms. The molecule has 0 radical (unpaired) electrons. The summed E-state index contributed by atoms with van der Waals surface area (Å²) in [6, 6.07) is 10.5. The Morgan fingerprint density at radius 2 is 1.83 bits per heavy atom. The summed E-state index contributed by atoms with van der Waals surface area (Å²) in [6.07, 6.45) is -0.377. The molecule has 2 rings (SSSR count). The van der Waals surface area contributed by atoms with Crippen molar-refractivity contribution in [2.24, 2.45) is 0 Å². The lowest BCUT2D eigenvalue weighted by Crippen LogP contribution is -2.49. The highest BCUT2D eigenvalue weighted by atomic mass is 16.5. The third-order valence-corrected chi connectivity index (χ3v) is 3.32. The van der Waals surface area contributed by atoms with Gasteiger partial charge in [0, 0.05) is 45.5 Å². The number of ether oxygens (including phenoxy) is 1. The Kier molecular flexibility index (Phi) is 4.99. The normalized spacial score (nSPS) is 18.9. The van der Waals surface area contributed by atoms with Crippen LogP contribution >= 0.6 is 0 Å². The highest BCUT2D eigenvalue weighted by Crippen LogP contribution is 2.15. The average molecular weight is 250 g/mol. The number of hydrogen-bond donors (Lipinski definition) is 1. The van der Waals surface area contributed by atoms with Crippen LogP contribution in [0.15, 0.2) is 30.3 Å². The van der Waals surface area contributed by atoms with Gasteiger partial charge >= 0.3 is 0 Å². The van der Waals surface area contributed by atoms with Gasteiger partial charge in [0.15, 0.2) is 0 Å². The fourth-order valence-corrected chi connectivity index (χ4v) is 2.37. The fourth-order valence-electron chi connectivity index (χ4n) is 2.37. The molecular formula is C14H22N2O2. The monoisotopic (exact) mass is 250 g/mol. The van der Waals surface area contributed by atoms with Gasteiger partial charge in [0.1, 0.15) is 0 Å². The fraction of sp³-hybridized carbons (Fsp3) is 0.571. The number of rotatable bonds is 5. The number of methoxy groups -OCH3 is 1. The van der Waals surface area contributed by atoms with E-state index in [1.807, 2.05) is 6.07 Å². The van der Waals surface area contributed by atoms with E-state index in [2.05, 4.69) is 34.1 Å². The summed E-state index contributed by atoms with van der Waals surface area (Å²) >= 11 is 0. The maximum Gasteiger partial charge on any atom is 0.0900 e. The molecule has 0 amide bonds. The summed E-state index contributed by atoms with van der Waals surface area (Å²) in [5.41, 5.74) is 1.29. The average Bonchev–Trinajstić information content (AvgIpc) is 2.41. The Balaban J connectivity index is 1.78. The molecule has 1 N–H and O–H groups in total. The lowest BCUT2D eigenvalue weighted by atomic mass is 10.2. The molecule has 0 saturated carbocycles. The van der Waals surface area contributed by atoms with Gasteiger partial charge in [0.2, 0.25) is 0 Å². The number of aliphatic hydroxyl groups is 1. The van der Waals surface area contributed by atoms with Crippen molar-refractivity contribution in [1.82, 2.24) is 4.90 Å². The predicted molar refractivity (Wildman–Crippen MR) is 73.0 cm³/mol. The van der Waals surface area contributed by atoms with Gasteiger partial charge in [0.25, 0.3) is 0 Å². The number of piperazine rings is 1. The van der Waals surface area contributed by atoms with Crippen molar-refractivity contribution in [1.29, 1.82) is 0 Å². The van der Waals surface area contributed by atoms with Crippen molar-refractivity contribution in [3.63, 3.8) is 0 Å². The molecule has 1 fully saturated rings. The number of benzene rings is 1. The standard InChI is InChI=1S/C14H22N2O2/c1-18-12-14(17)11-15-7-9-16(10-8-15)13-5-3-2-4-6-13/h2-6,14,17H,7-12H2,1H3. The zero-order valence-corrected chi connectivity index (χ0v) is 11.0. The molecule has 100 valence electrons. The molecule has 18 heavy (non-hydrogen) atoms. The lowest BCUT2D eigenvalue weighted by molar-refractivity contribution is 0.0365. The molecule has 4 nitrogen and oxygen atoms in total. The number of aliphatic hydroxyl groups excluding tert-OH is 1. The molecule has 1 aromatic rings. The highest BCUT2D eigenvalue weighted by molar-refractivity contribution is 5.46. The van der Waals surface area contributed by atoms with E-state index in [9.17, 15) is 5.11 Å². The summed E-state index contributed by atoms with van der Waals surface area (Å²) in [5.74, 6) is 0. The number of para-hydroxylation sites is 1. The quantitative estimate of drug-likeness (QED) is 0.839. The third kappa shape index (κ3) is 3.70. The van der Waals surface area contributed by atoms with Crippen LogP contribution in [0.2, 0.25) is 0 Å². The Bertz CT molecular complexity index is 337. The molecule has 0 aromatic heterocycles. The molecule has 1 aliphatic rings. The zero-order chi connectivity index (χ0) is 12.8. The van der Waals surface area contributed by atoms with Crippen molar-refractivity contribution < 1.29 is 9.84 Å². The second-order valence-corrected chi connectivity index (χ2v) is 4.73. The minimum atomic E-state index is -0.377. The molecule has 1 saturated heterocycles. The third-order valence-electron chi connectivity index (χ3n) is 3.32. The molecule has 1 atom stereocenters. The molecule has 1 unspecified atom stereocenters. The first-order valence-corrected chi connectivity index (χ1v) is 6.49. The van der Waals surface area contributed by atoms with E-state index in [4.69, 9.17) is 4.74 Å². The van der Waals surface area contributed by atoms with E-state index in [0.717, 1.165) is 26.2 Å². The summed E-state index contributed by atoms with van der Waals surface area (Å²) < 4.78 is 4.95. The Morgan fingerprint density at radius 1 is 1.17 bits per heavy atom. The Hall–Kier alpha value is -1.10. The van der Waals surface area contributed by atoms with Crippen molar-refractivity contribution in [2.45, 2.75) is 6.10 Å². The van der Waals surface area contributed by atoms with E-state index in [1.54, 1.807) is 7.11 Å². The highest BCUT2D eigenvalue weighted by Gasteiger charge is 2.19. The van der Waals surface area contributed by atoms with E-state index in [-0.39, 0.29) is 6.10 Å². The topological polar surface area (TPSA) is 35.9 Å². The Morgan fingerprint density at radius 3 is 2.44 bits per heavy atom. The minimum Gasteiger partial charge on any atom is -0.389 e. The van der Waals surface area contributed by atoms with Crippen LogP contribution < -0.4 is 4.90 Å². The van der Waals surface area contributed by atoms with E-state index >= 15 is 0 Å². The van der Waals surface area contributed by atoms with Gasteiger partial charge < -0.3 is 14.7 Å². The van der Waals surface area contributed by atoms with Crippen LogP contribution in [0.25, 0.3) is 0 Å². The van der Waals surface area contributed by atoms with Gasteiger partial charge in [-0.15, -0.1) is 0 Å². The molecule has 1 aliphatic heterocycles. The first kappa shape index (κ1) is 13.3. The molecule has 1 aromatic carbocycles. The van der Waals surface area contributed by atoms with E-state index in [1.165, 1.54) is 5.69 Å². The number of nitrogens with zero attached hydrogens (tertiary/aromatic N) is 2. The van der Waals surface area contributed by atoms with Gasteiger partial charge in [0.05, 0.1) is 12.7 Å². The van der Waals surface area contributed by atoms with Crippen molar-refractivity contribution in [3.05, 3.63) is 30.3 Å². The van der Waals surface area contributed by atoms with Gasteiger partial charge in [-0.05, 0) is 12.1 Å². The number of β-amino-alcohol motifs (C(OH)–C–C–N with tert-alkyl or cyclic N) is 1. The maximum atomic E-state index is 9.70. The molecule has 0 spiro atoms. The van der Waals surface area contributed by atoms with Gasteiger partial charge in [-0.3, -0.25) is 4.90 Å². The largest absolute Gasteiger partial charge is 0.389 e.